The molecule has 0 fully saturated rings. The number of fused-ring (bicyclic) bond motifs is 1. The quantitative estimate of drug-likeness (QED) is 0.844. The first kappa shape index (κ1) is 16.5. The number of hydrogen-bond acceptors (Lipinski definition) is 4. The molecule has 1 aliphatic heterocycles. The highest BCUT2D eigenvalue weighted by Gasteiger charge is 2.27. The SMILES string of the molecule is COCC[C@@H]1CN(C(=O)c2cccnc2OC)Cc2cccn2C1. The van der Waals surface area contributed by atoms with Gasteiger partial charge in [-0.2, -0.15) is 0 Å². The number of carbonyl (C=O) groups excluding carboxylic acids is 1. The van der Waals surface area contributed by atoms with E-state index in [9.17, 15) is 4.79 Å². The van der Waals surface area contributed by atoms with Crippen molar-refractivity contribution in [3.63, 3.8) is 0 Å². The van der Waals surface area contributed by atoms with Gasteiger partial charge >= 0.3 is 0 Å². The molecule has 2 aromatic rings. The van der Waals surface area contributed by atoms with Crippen LogP contribution in [0, 0.1) is 5.92 Å². The first-order valence-corrected chi connectivity index (χ1v) is 8.14. The summed E-state index contributed by atoms with van der Waals surface area (Å²) in [5, 5.41) is 0. The second kappa shape index (κ2) is 7.49. The molecule has 0 unspecified atom stereocenters. The van der Waals surface area contributed by atoms with Gasteiger partial charge in [0, 0.05) is 44.9 Å². The Morgan fingerprint density at radius 2 is 2.17 bits per heavy atom. The number of rotatable bonds is 5. The van der Waals surface area contributed by atoms with Crippen molar-refractivity contribution in [3.8, 4) is 5.88 Å². The van der Waals surface area contributed by atoms with Crippen molar-refractivity contribution in [2.45, 2.75) is 19.5 Å². The zero-order chi connectivity index (χ0) is 16.9. The van der Waals surface area contributed by atoms with E-state index in [1.54, 1.807) is 25.4 Å². The fourth-order valence-corrected chi connectivity index (χ4v) is 3.19. The number of methoxy groups -OCH3 is 2. The van der Waals surface area contributed by atoms with Crippen molar-refractivity contribution in [2.24, 2.45) is 5.92 Å². The molecule has 1 atom stereocenters. The van der Waals surface area contributed by atoms with E-state index in [0.29, 0.717) is 37.1 Å². The highest BCUT2D eigenvalue weighted by atomic mass is 16.5. The molecule has 0 saturated heterocycles. The van der Waals surface area contributed by atoms with Crippen LogP contribution < -0.4 is 4.74 Å². The molecule has 3 heterocycles. The van der Waals surface area contributed by atoms with Crippen LogP contribution in [0.4, 0.5) is 0 Å². The standard InChI is InChI=1S/C18H23N3O3/c1-23-10-7-14-11-20-9-4-5-15(20)13-21(12-14)18(22)16-6-3-8-19-17(16)24-2/h3-6,8-9,14H,7,10-13H2,1-2H3/t14-/m0/s1. The molecule has 0 aromatic carbocycles. The van der Waals surface area contributed by atoms with Gasteiger partial charge in [0.05, 0.1) is 13.7 Å². The van der Waals surface area contributed by atoms with Crippen LogP contribution in [0.25, 0.3) is 0 Å². The van der Waals surface area contributed by atoms with Gasteiger partial charge in [0.1, 0.15) is 5.56 Å². The van der Waals surface area contributed by atoms with Gasteiger partial charge in [0.25, 0.3) is 5.91 Å². The van der Waals surface area contributed by atoms with Crippen LogP contribution in [0.1, 0.15) is 22.5 Å². The van der Waals surface area contributed by atoms with E-state index in [0.717, 1.165) is 18.7 Å². The van der Waals surface area contributed by atoms with E-state index >= 15 is 0 Å². The van der Waals surface area contributed by atoms with Gasteiger partial charge in [0.15, 0.2) is 0 Å². The summed E-state index contributed by atoms with van der Waals surface area (Å²) in [6.07, 6.45) is 4.63. The molecule has 0 spiro atoms. The van der Waals surface area contributed by atoms with Gasteiger partial charge in [-0.25, -0.2) is 4.98 Å². The van der Waals surface area contributed by atoms with Crippen LogP contribution in [0.3, 0.4) is 0 Å². The van der Waals surface area contributed by atoms with Gasteiger partial charge in [-0.3, -0.25) is 4.79 Å². The molecule has 6 heteroatoms. The van der Waals surface area contributed by atoms with Crippen molar-refractivity contribution in [1.29, 1.82) is 0 Å². The molecule has 0 saturated carbocycles. The van der Waals surface area contributed by atoms with Crippen molar-refractivity contribution in [1.82, 2.24) is 14.5 Å². The lowest BCUT2D eigenvalue weighted by molar-refractivity contribution is 0.0701. The number of aromatic nitrogens is 2. The van der Waals surface area contributed by atoms with Crippen LogP contribution in [0.2, 0.25) is 0 Å². The van der Waals surface area contributed by atoms with Crippen LogP contribution in [0.5, 0.6) is 5.88 Å². The third-order valence-electron chi connectivity index (χ3n) is 4.42. The van der Waals surface area contributed by atoms with Crippen molar-refractivity contribution in [3.05, 3.63) is 47.9 Å². The lowest BCUT2D eigenvalue weighted by Gasteiger charge is -2.24. The van der Waals surface area contributed by atoms with Gasteiger partial charge in [-0.05, 0) is 36.6 Å². The van der Waals surface area contributed by atoms with E-state index in [4.69, 9.17) is 9.47 Å². The molecule has 0 aliphatic carbocycles. The van der Waals surface area contributed by atoms with Gasteiger partial charge < -0.3 is 18.9 Å². The molecule has 3 rings (SSSR count). The van der Waals surface area contributed by atoms with Crippen LogP contribution in [-0.2, 0) is 17.8 Å². The first-order chi connectivity index (χ1) is 11.7. The van der Waals surface area contributed by atoms with Crippen molar-refractivity contribution in [2.75, 3.05) is 27.4 Å². The average molecular weight is 329 g/mol. The summed E-state index contributed by atoms with van der Waals surface area (Å²) in [6.45, 7) is 2.88. The van der Waals surface area contributed by atoms with E-state index in [2.05, 4.69) is 21.8 Å². The molecule has 6 nitrogen and oxygen atoms in total. The molecule has 0 N–H and O–H groups in total. The van der Waals surface area contributed by atoms with E-state index in [1.807, 2.05) is 11.0 Å². The maximum Gasteiger partial charge on any atom is 0.259 e. The number of ether oxygens (including phenoxy) is 2. The number of nitrogens with zero attached hydrogens (tertiary/aromatic N) is 3. The molecule has 24 heavy (non-hydrogen) atoms. The Balaban J connectivity index is 1.86. The number of amides is 1. The summed E-state index contributed by atoms with van der Waals surface area (Å²) in [5.74, 6) is 0.679. The van der Waals surface area contributed by atoms with Gasteiger partial charge in [0.2, 0.25) is 5.88 Å². The Bertz CT molecular complexity index is 698. The van der Waals surface area contributed by atoms with Crippen LogP contribution >= 0.6 is 0 Å². The molecular weight excluding hydrogens is 306 g/mol. The van der Waals surface area contributed by atoms with Crippen LogP contribution in [0.15, 0.2) is 36.7 Å². The first-order valence-electron chi connectivity index (χ1n) is 8.14. The lowest BCUT2D eigenvalue weighted by Crippen LogP contribution is -2.34. The summed E-state index contributed by atoms with van der Waals surface area (Å²) < 4.78 is 12.7. The van der Waals surface area contributed by atoms with Crippen molar-refractivity contribution >= 4 is 5.91 Å². The Hall–Kier alpha value is -2.34. The summed E-state index contributed by atoms with van der Waals surface area (Å²) in [6, 6.07) is 7.63. The average Bonchev–Trinajstić information content (AvgIpc) is 2.97. The van der Waals surface area contributed by atoms with Gasteiger partial charge in [-0.15, -0.1) is 0 Å². The summed E-state index contributed by atoms with van der Waals surface area (Å²) >= 11 is 0. The molecule has 128 valence electrons. The minimum atomic E-state index is -0.0444. The zero-order valence-corrected chi connectivity index (χ0v) is 14.1. The molecular formula is C18H23N3O3. The second-order valence-corrected chi connectivity index (χ2v) is 6.05. The normalized spacial score (nSPS) is 17.2. The Labute approximate surface area is 142 Å². The Morgan fingerprint density at radius 3 is 2.96 bits per heavy atom. The highest BCUT2D eigenvalue weighted by molar-refractivity contribution is 5.96. The fourth-order valence-electron chi connectivity index (χ4n) is 3.19. The molecule has 0 bridgehead atoms. The predicted octanol–water partition coefficient (Wildman–Crippen LogP) is 2.20. The van der Waals surface area contributed by atoms with Gasteiger partial charge in [-0.1, -0.05) is 0 Å². The zero-order valence-electron chi connectivity index (χ0n) is 14.1. The van der Waals surface area contributed by atoms with E-state index < -0.39 is 0 Å². The van der Waals surface area contributed by atoms with Crippen molar-refractivity contribution < 1.29 is 14.3 Å². The minimum Gasteiger partial charge on any atom is -0.480 e. The third-order valence-corrected chi connectivity index (χ3v) is 4.42. The molecule has 0 radical (unpaired) electrons. The predicted molar refractivity (Wildman–Crippen MR) is 89.9 cm³/mol. The highest BCUT2D eigenvalue weighted by Crippen LogP contribution is 2.23. The smallest absolute Gasteiger partial charge is 0.259 e. The largest absolute Gasteiger partial charge is 0.480 e. The lowest BCUT2D eigenvalue weighted by atomic mass is 10.1. The topological polar surface area (TPSA) is 56.6 Å². The molecule has 1 aliphatic rings. The fraction of sp³-hybridized carbons (Fsp3) is 0.444. The number of carbonyl (C=O) groups is 1. The number of pyridine rings is 1. The maximum atomic E-state index is 13.0. The maximum absolute atomic E-state index is 13.0. The summed E-state index contributed by atoms with van der Waals surface area (Å²) in [7, 11) is 3.25. The second-order valence-electron chi connectivity index (χ2n) is 6.05. The molecule has 1 amide bonds. The molecule has 2 aromatic heterocycles. The summed E-state index contributed by atoms with van der Waals surface area (Å²) in [5.41, 5.74) is 1.65. The monoisotopic (exact) mass is 329 g/mol. The third kappa shape index (κ3) is 3.43. The Kier molecular flexibility index (Phi) is 5.15. The minimum absolute atomic E-state index is 0.0444. The number of hydrogen-bond donors (Lipinski definition) is 0. The summed E-state index contributed by atoms with van der Waals surface area (Å²) in [4.78, 5) is 19.1. The van der Waals surface area contributed by atoms with E-state index in [-0.39, 0.29) is 5.91 Å². The van der Waals surface area contributed by atoms with E-state index in [1.165, 1.54) is 7.11 Å². The Morgan fingerprint density at radius 1 is 1.29 bits per heavy atom. The van der Waals surface area contributed by atoms with Crippen LogP contribution in [-0.4, -0.2) is 47.7 Å².